The molecule has 148 valence electrons. The smallest absolute Gasteiger partial charge is 0.251 e. The van der Waals surface area contributed by atoms with Crippen LogP contribution in [0.4, 0.5) is 0 Å². The minimum atomic E-state index is -3.12. The Labute approximate surface area is 169 Å². The molecule has 2 unspecified atom stereocenters. The number of amides is 1. The average Bonchev–Trinajstić information content (AvgIpc) is 3.30. The largest absolute Gasteiger partial charge is 0.347 e. The van der Waals surface area contributed by atoms with Gasteiger partial charge in [-0.1, -0.05) is 17.8 Å². The van der Waals surface area contributed by atoms with Gasteiger partial charge in [0.15, 0.2) is 9.84 Å². The molecule has 2 saturated heterocycles. The van der Waals surface area contributed by atoms with Crippen LogP contribution >= 0.6 is 11.8 Å². The molecular formula is C20H23N3O3S2. The molecule has 0 radical (unpaired) electrons. The molecule has 0 aliphatic carbocycles. The monoisotopic (exact) mass is 417 g/mol. The molecule has 4 rings (SSSR count). The second-order valence-corrected chi connectivity index (χ2v) is 10.5. The summed E-state index contributed by atoms with van der Waals surface area (Å²) in [6.45, 7) is 1.82. The summed E-state index contributed by atoms with van der Waals surface area (Å²) in [5.74, 6) is -0.0637. The number of carbonyl (C=O) groups is 1. The van der Waals surface area contributed by atoms with E-state index in [1.54, 1.807) is 18.3 Å². The third-order valence-corrected chi connectivity index (χ3v) is 7.90. The van der Waals surface area contributed by atoms with Gasteiger partial charge in [-0.3, -0.25) is 9.69 Å². The van der Waals surface area contributed by atoms with Gasteiger partial charge in [0.05, 0.1) is 17.5 Å². The molecular weight excluding hydrogens is 394 g/mol. The van der Waals surface area contributed by atoms with Crippen LogP contribution in [0.1, 0.15) is 23.2 Å². The summed E-state index contributed by atoms with van der Waals surface area (Å²) in [4.78, 5) is 20.2. The van der Waals surface area contributed by atoms with E-state index in [1.807, 2.05) is 30.3 Å². The number of rotatable bonds is 5. The molecule has 3 heterocycles. The van der Waals surface area contributed by atoms with Gasteiger partial charge in [-0.05, 0) is 62.3 Å². The lowest BCUT2D eigenvalue weighted by Gasteiger charge is -2.28. The summed E-state index contributed by atoms with van der Waals surface area (Å²) in [6.07, 6.45) is 3.93. The molecule has 2 aromatic rings. The van der Waals surface area contributed by atoms with Crippen LogP contribution in [0.25, 0.3) is 0 Å². The Balaban J connectivity index is 1.42. The fraction of sp³-hybridized carbons (Fsp3) is 0.400. The number of pyridine rings is 1. The van der Waals surface area contributed by atoms with Gasteiger partial charge in [0.2, 0.25) is 0 Å². The van der Waals surface area contributed by atoms with Crippen molar-refractivity contribution in [2.45, 2.75) is 34.8 Å². The fourth-order valence-electron chi connectivity index (χ4n) is 3.85. The van der Waals surface area contributed by atoms with Crippen LogP contribution in [-0.4, -0.2) is 60.9 Å². The van der Waals surface area contributed by atoms with Crippen molar-refractivity contribution < 1.29 is 13.2 Å². The molecule has 1 amide bonds. The minimum absolute atomic E-state index is 0.0213. The summed E-state index contributed by atoms with van der Waals surface area (Å²) in [6, 6.07) is 12.6. The Morgan fingerprint density at radius 3 is 2.50 bits per heavy atom. The van der Waals surface area contributed by atoms with Gasteiger partial charge < -0.3 is 5.32 Å². The van der Waals surface area contributed by atoms with Gasteiger partial charge in [0.1, 0.15) is 5.03 Å². The van der Waals surface area contributed by atoms with Crippen LogP contribution in [0.2, 0.25) is 0 Å². The maximum absolute atomic E-state index is 12.7. The van der Waals surface area contributed by atoms with E-state index in [-0.39, 0.29) is 29.5 Å². The van der Waals surface area contributed by atoms with E-state index >= 15 is 0 Å². The third-order valence-electron chi connectivity index (χ3n) is 5.23. The van der Waals surface area contributed by atoms with E-state index in [1.165, 1.54) is 11.8 Å². The van der Waals surface area contributed by atoms with Crippen LogP contribution in [0, 0.1) is 0 Å². The van der Waals surface area contributed by atoms with E-state index in [9.17, 15) is 13.2 Å². The quantitative estimate of drug-likeness (QED) is 0.804. The highest BCUT2D eigenvalue weighted by Crippen LogP contribution is 2.26. The fourth-order valence-corrected chi connectivity index (χ4v) is 6.58. The van der Waals surface area contributed by atoms with Crippen molar-refractivity contribution in [3.8, 4) is 0 Å². The highest BCUT2D eigenvalue weighted by Gasteiger charge is 2.42. The summed E-state index contributed by atoms with van der Waals surface area (Å²) in [7, 11) is -3.12. The van der Waals surface area contributed by atoms with Crippen LogP contribution in [-0.2, 0) is 9.84 Å². The summed E-state index contributed by atoms with van der Waals surface area (Å²) in [5, 5.41) is 3.86. The van der Waals surface area contributed by atoms with Gasteiger partial charge in [-0.2, -0.15) is 0 Å². The Kier molecular flexibility index (Phi) is 5.70. The van der Waals surface area contributed by atoms with Gasteiger partial charge >= 0.3 is 0 Å². The van der Waals surface area contributed by atoms with E-state index in [0.717, 1.165) is 35.9 Å². The van der Waals surface area contributed by atoms with Gasteiger partial charge in [-0.25, -0.2) is 13.4 Å². The van der Waals surface area contributed by atoms with Gasteiger partial charge in [0, 0.05) is 22.7 Å². The molecule has 2 fully saturated rings. The molecule has 1 aromatic heterocycles. The molecule has 6 nitrogen and oxygen atoms in total. The lowest BCUT2D eigenvalue weighted by Crippen LogP contribution is -2.50. The Morgan fingerprint density at radius 1 is 1.07 bits per heavy atom. The normalized spacial score (nSPS) is 24.3. The number of hydrogen-bond acceptors (Lipinski definition) is 6. The zero-order valence-corrected chi connectivity index (χ0v) is 17.1. The maximum atomic E-state index is 12.7. The molecule has 0 spiro atoms. The molecule has 0 bridgehead atoms. The maximum Gasteiger partial charge on any atom is 0.251 e. The van der Waals surface area contributed by atoms with Gasteiger partial charge in [-0.15, -0.1) is 0 Å². The molecule has 1 N–H and O–H groups in total. The molecule has 2 aliphatic heterocycles. The number of hydrogen-bond donors (Lipinski definition) is 1. The molecule has 2 atom stereocenters. The number of nitrogens with zero attached hydrogens (tertiary/aromatic N) is 2. The lowest BCUT2D eigenvalue weighted by atomic mass is 10.1. The van der Waals surface area contributed by atoms with E-state index in [2.05, 4.69) is 15.2 Å². The summed E-state index contributed by atoms with van der Waals surface area (Å²) >= 11 is 1.53. The number of sulfone groups is 1. The first kappa shape index (κ1) is 19.4. The Bertz CT molecular complexity index is 927. The number of likely N-dealkylation sites (tertiary alicyclic amines) is 1. The topological polar surface area (TPSA) is 79.4 Å². The first-order valence-electron chi connectivity index (χ1n) is 9.44. The Hall–Kier alpha value is -1.90. The molecule has 0 saturated carbocycles. The summed E-state index contributed by atoms with van der Waals surface area (Å²) < 4.78 is 24.3. The highest BCUT2D eigenvalue weighted by atomic mass is 32.2. The van der Waals surface area contributed by atoms with Crippen molar-refractivity contribution in [2.24, 2.45) is 0 Å². The molecule has 1 aromatic carbocycles. The van der Waals surface area contributed by atoms with Crippen molar-refractivity contribution in [3.05, 3.63) is 54.2 Å². The highest BCUT2D eigenvalue weighted by molar-refractivity contribution is 7.99. The van der Waals surface area contributed by atoms with Crippen molar-refractivity contribution in [3.63, 3.8) is 0 Å². The number of nitrogens with one attached hydrogen (secondary N) is 1. The minimum Gasteiger partial charge on any atom is -0.347 e. The predicted octanol–water partition coefficient (Wildman–Crippen LogP) is 2.22. The van der Waals surface area contributed by atoms with Crippen molar-refractivity contribution >= 4 is 27.5 Å². The predicted molar refractivity (Wildman–Crippen MR) is 109 cm³/mol. The molecule has 28 heavy (non-hydrogen) atoms. The van der Waals surface area contributed by atoms with Crippen LogP contribution in [0.3, 0.4) is 0 Å². The first-order valence-corrected chi connectivity index (χ1v) is 12.1. The Morgan fingerprint density at radius 2 is 1.82 bits per heavy atom. The van der Waals surface area contributed by atoms with Crippen LogP contribution in [0.15, 0.2) is 58.6 Å². The summed E-state index contributed by atoms with van der Waals surface area (Å²) in [5.41, 5.74) is 0.537. The van der Waals surface area contributed by atoms with Gasteiger partial charge in [0.25, 0.3) is 5.91 Å². The van der Waals surface area contributed by atoms with Crippen LogP contribution in [0.5, 0.6) is 0 Å². The van der Waals surface area contributed by atoms with E-state index in [0.29, 0.717) is 5.56 Å². The van der Waals surface area contributed by atoms with E-state index < -0.39 is 9.84 Å². The number of benzene rings is 1. The van der Waals surface area contributed by atoms with Crippen molar-refractivity contribution in [1.82, 2.24) is 15.2 Å². The SMILES string of the molecule is O=C(NC1CS(=O)(=O)CC1N1CCCC1)c1ccc(Sc2ccccn2)cc1. The van der Waals surface area contributed by atoms with Crippen LogP contribution < -0.4 is 5.32 Å². The van der Waals surface area contributed by atoms with E-state index in [4.69, 9.17) is 0 Å². The molecule has 8 heteroatoms. The lowest BCUT2D eigenvalue weighted by molar-refractivity contribution is 0.0918. The standard InChI is InChI=1S/C20H23N3O3S2/c24-20(15-6-8-16(9-7-15)27-19-5-1-2-10-21-19)22-17-13-28(25,26)14-18(17)23-11-3-4-12-23/h1-2,5-10,17-18H,3-4,11-14H2,(H,22,24). The second-order valence-electron chi connectivity index (χ2n) is 7.26. The second kappa shape index (κ2) is 8.23. The number of aromatic nitrogens is 1. The van der Waals surface area contributed by atoms with Crippen molar-refractivity contribution in [2.75, 3.05) is 24.6 Å². The zero-order chi connectivity index (χ0) is 19.6. The van der Waals surface area contributed by atoms with Crippen molar-refractivity contribution in [1.29, 1.82) is 0 Å². The number of carbonyl (C=O) groups excluding carboxylic acids is 1. The zero-order valence-electron chi connectivity index (χ0n) is 15.5. The molecule has 2 aliphatic rings. The average molecular weight is 418 g/mol. The third kappa shape index (κ3) is 4.56. The first-order chi connectivity index (χ1) is 13.5.